The Morgan fingerprint density at radius 1 is 1.36 bits per heavy atom. The molecule has 1 aromatic rings. The first-order valence-electron chi connectivity index (χ1n) is 5.14. The van der Waals surface area contributed by atoms with Crippen molar-refractivity contribution in [2.45, 2.75) is 26.2 Å². The summed E-state index contributed by atoms with van der Waals surface area (Å²) in [7, 11) is 0. The lowest BCUT2D eigenvalue weighted by Gasteiger charge is -2.11. The molecule has 0 aliphatic carbocycles. The normalized spacial score (nSPS) is 17.2. The molecule has 0 amide bonds. The maximum absolute atomic E-state index is 5.30. The van der Waals surface area contributed by atoms with Gasteiger partial charge in [0, 0.05) is 9.75 Å². The molecule has 0 bridgehead atoms. The number of rotatable bonds is 2. The lowest BCUT2D eigenvalue weighted by atomic mass is 10.1. The van der Waals surface area contributed by atoms with Gasteiger partial charge in [-0.15, -0.1) is 11.3 Å². The molecule has 1 aromatic heterocycles. The number of hydrogen-bond donors (Lipinski definition) is 0. The van der Waals surface area contributed by atoms with Crippen molar-refractivity contribution < 1.29 is 4.74 Å². The molecule has 0 saturated carbocycles. The molecule has 1 aliphatic rings. The van der Waals surface area contributed by atoms with E-state index < -0.39 is 0 Å². The molecule has 0 atom stereocenters. The molecule has 14 heavy (non-hydrogen) atoms. The average molecular weight is 208 g/mol. The van der Waals surface area contributed by atoms with Crippen molar-refractivity contribution in [1.82, 2.24) is 0 Å². The van der Waals surface area contributed by atoms with Crippen molar-refractivity contribution >= 4 is 16.9 Å². The van der Waals surface area contributed by atoms with E-state index in [-0.39, 0.29) is 0 Å². The predicted molar refractivity (Wildman–Crippen MR) is 61.8 cm³/mol. The molecule has 0 fully saturated rings. The highest BCUT2D eigenvalue weighted by Crippen LogP contribution is 2.31. The van der Waals surface area contributed by atoms with Crippen LogP contribution < -0.4 is 0 Å². The highest BCUT2D eigenvalue weighted by atomic mass is 32.1. The van der Waals surface area contributed by atoms with Gasteiger partial charge < -0.3 is 4.74 Å². The summed E-state index contributed by atoms with van der Waals surface area (Å²) in [5.41, 5.74) is 1.47. The van der Waals surface area contributed by atoms with Crippen LogP contribution in [0.2, 0.25) is 0 Å². The van der Waals surface area contributed by atoms with Crippen molar-refractivity contribution in [2.75, 3.05) is 13.2 Å². The molecular formula is C12H16OS. The van der Waals surface area contributed by atoms with Crippen LogP contribution in [0.15, 0.2) is 18.2 Å². The van der Waals surface area contributed by atoms with Gasteiger partial charge in [0.1, 0.15) is 0 Å². The third kappa shape index (κ3) is 2.07. The van der Waals surface area contributed by atoms with E-state index in [0.717, 1.165) is 19.6 Å². The van der Waals surface area contributed by atoms with Gasteiger partial charge in [0.2, 0.25) is 0 Å². The largest absolute Gasteiger partial charge is 0.377 e. The van der Waals surface area contributed by atoms with Gasteiger partial charge in [0.25, 0.3) is 0 Å². The van der Waals surface area contributed by atoms with Crippen LogP contribution in [-0.4, -0.2) is 13.2 Å². The lowest BCUT2D eigenvalue weighted by Crippen LogP contribution is -2.02. The minimum absolute atomic E-state index is 0.647. The predicted octanol–water partition coefficient (Wildman–Crippen LogP) is 3.68. The summed E-state index contributed by atoms with van der Waals surface area (Å²) in [6, 6.07) is 4.50. The van der Waals surface area contributed by atoms with E-state index in [9.17, 15) is 0 Å². The van der Waals surface area contributed by atoms with Gasteiger partial charge in [-0.25, -0.2) is 0 Å². The minimum atomic E-state index is 0.647. The monoisotopic (exact) mass is 208 g/mol. The SMILES string of the molecule is CC(C)c1ccc(C2=CCOCC2)s1. The molecular weight excluding hydrogens is 192 g/mol. The summed E-state index contributed by atoms with van der Waals surface area (Å²) in [4.78, 5) is 2.91. The van der Waals surface area contributed by atoms with Gasteiger partial charge in [-0.1, -0.05) is 19.9 Å². The van der Waals surface area contributed by atoms with Gasteiger partial charge in [0.15, 0.2) is 0 Å². The fourth-order valence-electron chi connectivity index (χ4n) is 1.59. The molecule has 0 unspecified atom stereocenters. The Balaban J connectivity index is 2.19. The maximum Gasteiger partial charge on any atom is 0.0653 e. The first-order chi connectivity index (χ1) is 6.77. The van der Waals surface area contributed by atoms with E-state index in [1.807, 2.05) is 11.3 Å². The van der Waals surface area contributed by atoms with Gasteiger partial charge in [-0.2, -0.15) is 0 Å². The highest BCUT2D eigenvalue weighted by Gasteiger charge is 2.10. The van der Waals surface area contributed by atoms with Crippen LogP contribution in [0.3, 0.4) is 0 Å². The van der Waals surface area contributed by atoms with E-state index in [1.165, 1.54) is 15.3 Å². The zero-order valence-electron chi connectivity index (χ0n) is 8.75. The molecule has 2 rings (SSSR count). The van der Waals surface area contributed by atoms with Crippen molar-refractivity contribution in [2.24, 2.45) is 0 Å². The zero-order valence-corrected chi connectivity index (χ0v) is 9.56. The van der Waals surface area contributed by atoms with Crippen molar-refractivity contribution in [3.05, 3.63) is 28.0 Å². The molecule has 0 spiro atoms. The second-order valence-electron chi connectivity index (χ2n) is 3.91. The smallest absolute Gasteiger partial charge is 0.0653 e. The molecule has 0 radical (unpaired) electrons. The Hall–Kier alpha value is -0.600. The summed E-state index contributed by atoms with van der Waals surface area (Å²) in [5.74, 6) is 0.647. The zero-order chi connectivity index (χ0) is 9.97. The summed E-state index contributed by atoms with van der Waals surface area (Å²) in [6.45, 7) is 6.15. The molecule has 1 nitrogen and oxygen atoms in total. The van der Waals surface area contributed by atoms with Gasteiger partial charge in [0.05, 0.1) is 13.2 Å². The molecule has 0 aromatic carbocycles. The minimum Gasteiger partial charge on any atom is -0.377 e. The summed E-state index contributed by atoms with van der Waals surface area (Å²) < 4.78 is 5.30. The maximum atomic E-state index is 5.30. The second-order valence-corrected chi connectivity index (χ2v) is 5.03. The van der Waals surface area contributed by atoms with E-state index in [4.69, 9.17) is 4.74 Å². The summed E-state index contributed by atoms with van der Waals surface area (Å²) in [6.07, 6.45) is 3.28. The fourth-order valence-corrected chi connectivity index (χ4v) is 2.66. The fraction of sp³-hybridized carbons (Fsp3) is 0.500. The van der Waals surface area contributed by atoms with E-state index >= 15 is 0 Å². The summed E-state index contributed by atoms with van der Waals surface area (Å²) >= 11 is 1.92. The van der Waals surface area contributed by atoms with Gasteiger partial charge >= 0.3 is 0 Å². The van der Waals surface area contributed by atoms with E-state index in [0.29, 0.717) is 5.92 Å². The Bertz CT molecular complexity index is 336. The van der Waals surface area contributed by atoms with Crippen LogP contribution in [0, 0.1) is 0 Å². The van der Waals surface area contributed by atoms with Crippen molar-refractivity contribution in [3.8, 4) is 0 Å². The number of ether oxygens (including phenoxy) is 1. The third-order valence-corrected chi connectivity index (χ3v) is 3.94. The molecule has 76 valence electrons. The second kappa shape index (κ2) is 4.28. The first kappa shape index (κ1) is 9.94. The standard InChI is InChI=1S/C12H16OS/c1-9(2)11-3-4-12(14-11)10-5-7-13-8-6-10/h3-5,9H,6-8H2,1-2H3. The van der Waals surface area contributed by atoms with E-state index in [1.54, 1.807) is 0 Å². The van der Waals surface area contributed by atoms with Crippen LogP contribution >= 0.6 is 11.3 Å². The van der Waals surface area contributed by atoms with Crippen molar-refractivity contribution in [3.63, 3.8) is 0 Å². The Labute approximate surface area is 89.4 Å². The van der Waals surface area contributed by atoms with Crippen LogP contribution in [0.1, 0.15) is 35.9 Å². The Morgan fingerprint density at radius 2 is 2.21 bits per heavy atom. The summed E-state index contributed by atoms with van der Waals surface area (Å²) in [5, 5.41) is 0. The highest BCUT2D eigenvalue weighted by molar-refractivity contribution is 7.13. The van der Waals surface area contributed by atoms with E-state index in [2.05, 4.69) is 32.1 Å². The molecule has 2 heterocycles. The van der Waals surface area contributed by atoms with Crippen LogP contribution in [0.25, 0.3) is 5.57 Å². The van der Waals surface area contributed by atoms with Gasteiger partial charge in [-0.3, -0.25) is 0 Å². The molecule has 0 saturated heterocycles. The first-order valence-corrected chi connectivity index (χ1v) is 5.96. The quantitative estimate of drug-likeness (QED) is 0.720. The number of hydrogen-bond acceptors (Lipinski definition) is 2. The molecule has 2 heteroatoms. The van der Waals surface area contributed by atoms with Crippen LogP contribution in [-0.2, 0) is 4.74 Å². The average Bonchev–Trinajstić information content (AvgIpc) is 2.68. The third-order valence-electron chi connectivity index (χ3n) is 2.48. The lowest BCUT2D eigenvalue weighted by molar-refractivity contribution is 0.161. The van der Waals surface area contributed by atoms with Gasteiger partial charge in [-0.05, 0) is 30.0 Å². The molecule has 1 aliphatic heterocycles. The van der Waals surface area contributed by atoms with Crippen LogP contribution in [0.4, 0.5) is 0 Å². The van der Waals surface area contributed by atoms with Crippen LogP contribution in [0.5, 0.6) is 0 Å². The Kier molecular flexibility index (Phi) is 3.04. The van der Waals surface area contributed by atoms with Crippen molar-refractivity contribution in [1.29, 1.82) is 0 Å². The molecule has 0 N–H and O–H groups in total. The number of thiophene rings is 1. The topological polar surface area (TPSA) is 9.23 Å². The Morgan fingerprint density at radius 3 is 2.79 bits per heavy atom.